The fourth-order valence-corrected chi connectivity index (χ4v) is 3.01. The molecule has 2 aromatic rings. The number of hydrogen-bond donors (Lipinski definition) is 2. The number of aryl methyl sites for hydroxylation is 4. The standard InChI is InChI=1S/C22H29N3O2/c1-14-11-15(2)13-18(12-14)20(26)25(22(5,6)7)24-21(27)23-19-16(3)9-8-10-17(19)4/h8-13H,1-7H3,(H2,23,24,27). The Bertz CT molecular complexity index is 826. The Hall–Kier alpha value is -2.82. The van der Waals surface area contributed by atoms with Gasteiger partial charge in [-0.15, -0.1) is 0 Å². The Morgan fingerprint density at radius 2 is 1.41 bits per heavy atom. The van der Waals surface area contributed by atoms with Crippen LogP contribution in [0.1, 0.15) is 53.4 Å². The zero-order valence-electron chi connectivity index (χ0n) is 17.2. The lowest BCUT2D eigenvalue weighted by Gasteiger charge is -2.35. The normalized spacial score (nSPS) is 11.1. The fraction of sp³-hybridized carbons (Fsp3) is 0.364. The molecule has 5 nitrogen and oxygen atoms in total. The molecular weight excluding hydrogens is 338 g/mol. The molecular formula is C22H29N3O2. The number of para-hydroxylation sites is 1. The van der Waals surface area contributed by atoms with Gasteiger partial charge in [-0.2, -0.15) is 0 Å². The second-order valence-electron chi connectivity index (χ2n) is 8.02. The zero-order chi connectivity index (χ0) is 20.4. The molecule has 0 fully saturated rings. The number of nitrogens with zero attached hydrogens (tertiary/aromatic N) is 1. The van der Waals surface area contributed by atoms with Crippen molar-refractivity contribution in [3.63, 3.8) is 0 Å². The van der Waals surface area contributed by atoms with Crippen molar-refractivity contribution < 1.29 is 9.59 Å². The lowest BCUT2D eigenvalue weighted by atomic mass is 10.0. The molecule has 3 amide bonds. The summed E-state index contributed by atoms with van der Waals surface area (Å²) >= 11 is 0. The number of hydrogen-bond acceptors (Lipinski definition) is 2. The summed E-state index contributed by atoms with van der Waals surface area (Å²) in [7, 11) is 0. The number of urea groups is 1. The average Bonchev–Trinajstić information content (AvgIpc) is 2.53. The van der Waals surface area contributed by atoms with Gasteiger partial charge in [0.2, 0.25) is 0 Å². The highest BCUT2D eigenvalue weighted by molar-refractivity contribution is 5.98. The summed E-state index contributed by atoms with van der Waals surface area (Å²) in [6.07, 6.45) is 0. The lowest BCUT2D eigenvalue weighted by Crippen LogP contribution is -2.56. The van der Waals surface area contributed by atoms with E-state index < -0.39 is 11.6 Å². The van der Waals surface area contributed by atoms with Crippen LogP contribution < -0.4 is 10.7 Å². The van der Waals surface area contributed by atoms with Crippen LogP contribution in [0, 0.1) is 27.7 Å². The van der Waals surface area contributed by atoms with Gasteiger partial charge in [-0.05, 0) is 71.7 Å². The molecule has 27 heavy (non-hydrogen) atoms. The first kappa shape index (κ1) is 20.5. The van der Waals surface area contributed by atoms with Gasteiger partial charge in [0.15, 0.2) is 0 Å². The number of amides is 3. The Morgan fingerprint density at radius 1 is 0.889 bits per heavy atom. The molecule has 0 aliphatic carbocycles. The molecule has 2 N–H and O–H groups in total. The van der Waals surface area contributed by atoms with Crippen molar-refractivity contribution in [3.8, 4) is 0 Å². The van der Waals surface area contributed by atoms with Crippen molar-refractivity contribution in [1.82, 2.24) is 10.4 Å². The molecule has 2 rings (SSSR count). The smallest absolute Gasteiger partial charge is 0.306 e. The number of carbonyl (C=O) groups is 2. The van der Waals surface area contributed by atoms with Gasteiger partial charge in [0, 0.05) is 11.3 Å². The van der Waals surface area contributed by atoms with E-state index in [9.17, 15) is 9.59 Å². The van der Waals surface area contributed by atoms with E-state index in [2.05, 4.69) is 10.7 Å². The summed E-state index contributed by atoms with van der Waals surface area (Å²) in [6, 6.07) is 11.0. The second kappa shape index (κ2) is 7.82. The van der Waals surface area contributed by atoms with E-state index >= 15 is 0 Å². The van der Waals surface area contributed by atoms with Crippen LogP contribution in [0.25, 0.3) is 0 Å². The summed E-state index contributed by atoms with van der Waals surface area (Å²) in [5, 5.41) is 4.25. The van der Waals surface area contributed by atoms with Crippen LogP contribution in [0.15, 0.2) is 36.4 Å². The largest absolute Gasteiger partial charge is 0.338 e. The van der Waals surface area contributed by atoms with Crippen LogP contribution in [0.5, 0.6) is 0 Å². The summed E-state index contributed by atoms with van der Waals surface area (Å²) in [5.41, 5.74) is 7.39. The monoisotopic (exact) mass is 367 g/mol. The molecule has 0 heterocycles. The molecule has 0 atom stereocenters. The number of hydrazine groups is 1. The first-order chi connectivity index (χ1) is 12.5. The van der Waals surface area contributed by atoms with Gasteiger partial charge in [0.25, 0.3) is 5.91 Å². The van der Waals surface area contributed by atoms with Crippen LogP contribution in [0.4, 0.5) is 10.5 Å². The highest BCUT2D eigenvalue weighted by Crippen LogP contribution is 2.20. The topological polar surface area (TPSA) is 61.4 Å². The van der Waals surface area contributed by atoms with Gasteiger partial charge >= 0.3 is 6.03 Å². The molecule has 144 valence electrons. The first-order valence-corrected chi connectivity index (χ1v) is 9.06. The van der Waals surface area contributed by atoms with E-state index in [4.69, 9.17) is 0 Å². The molecule has 2 aromatic carbocycles. The summed E-state index contributed by atoms with van der Waals surface area (Å²) in [4.78, 5) is 25.7. The van der Waals surface area contributed by atoms with Gasteiger partial charge in [-0.25, -0.2) is 15.2 Å². The Kier molecular flexibility index (Phi) is 5.94. The quantitative estimate of drug-likeness (QED) is 0.742. The molecule has 0 aromatic heterocycles. The highest BCUT2D eigenvalue weighted by Gasteiger charge is 2.29. The molecule has 0 saturated heterocycles. The number of benzene rings is 2. The van der Waals surface area contributed by atoms with E-state index in [1.54, 1.807) is 0 Å². The fourth-order valence-electron chi connectivity index (χ4n) is 3.01. The van der Waals surface area contributed by atoms with Crippen molar-refractivity contribution in [2.45, 2.75) is 54.0 Å². The maximum absolute atomic E-state index is 13.1. The number of nitrogens with one attached hydrogen (secondary N) is 2. The van der Waals surface area contributed by atoms with E-state index in [-0.39, 0.29) is 5.91 Å². The second-order valence-corrected chi connectivity index (χ2v) is 8.02. The Labute approximate surface area is 161 Å². The minimum Gasteiger partial charge on any atom is -0.306 e. The van der Waals surface area contributed by atoms with E-state index in [0.717, 1.165) is 27.9 Å². The van der Waals surface area contributed by atoms with Crippen molar-refractivity contribution in [1.29, 1.82) is 0 Å². The molecule has 0 aliphatic rings. The van der Waals surface area contributed by atoms with Gasteiger partial charge < -0.3 is 5.32 Å². The Morgan fingerprint density at radius 3 is 1.89 bits per heavy atom. The van der Waals surface area contributed by atoms with Crippen LogP contribution in [-0.4, -0.2) is 22.5 Å². The van der Waals surface area contributed by atoms with Crippen molar-refractivity contribution in [3.05, 3.63) is 64.2 Å². The third kappa shape index (κ3) is 5.09. The molecule has 5 heteroatoms. The SMILES string of the molecule is Cc1cc(C)cc(C(=O)N(NC(=O)Nc2c(C)cccc2C)C(C)(C)C)c1. The first-order valence-electron chi connectivity index (χ1n) is 9.06. The van der Waals surface area contributed by atoms with Gasteiger partial charge in [0.1, 0.15) is 0 Å². The van der Waals surface area contributed by atoms with Crippen LogP contribution >= 0.6 is 0 Å². The maximum atomic E-state index is 13.1. The van der Waals surface area contributed by atoms with Gasteiger partial charge in [-0.1, -0.05) is 35.4 Å². The van der Waals surface area contributed by atoms with Crippen LogP contribution in [0.2, 0.25) is 0 Å². The van der Waals surface area contributed by atoms with Crippen LogP contribution in [0.3, 0.4) is 0 Å². The molecule has 0 saturated carbocycles. The van der Waals surface area contributed by atoms with Gasteiger partial charge in [0.05, 0.1) is 5.54 Å². The predicted molar refractivity (Wildman–Crippen MR) is 110 cm³/mol. The lowest BCUT2D eigenvalue weighted by molar-refractivity contribution is 0.0460. The third-order valence-electron chi connectivity index (χ3n) is 4.28. The minimum atomic E-state index is -0.590. The third-order valence-corrected chi connectivity index (χ3v) is 4.28. The van der Waals surface area contributed by atoms with Crippen molar-refractivity contribution in [2.24, 2.45) is 0 Å². The summed E-state index contributed by atoms with van der Waals surface area (Å²) < 4.78 is 0. The zero-order valence-corrected chi connectivity index (χ0v) is 17.2. The van der Waals surface area contributed by atoms with Crippen molar-refractivity contribution in [2.75, 3.05) is 5.32 Å². The van der Waals surface area contributed by atoms with E-state index in [1.807, 2.05) is 84.9 Å². The number of rotatable bonds is 2. The molecule has 0 bridgehead atoms. The highest BCUT2D eigenvalue weighted by atomic mass is 16.2. The van der Waals surface area contributed by atoms with Crippen LogP contribution in [-0.2, 0) is 0 Å². The van der Waals surface area contributed by atoms with Gasteiger partial charge in [-0.3, -0.25) is 4.79 Å². The Balaban J connectivity index is 2.27. The van der Waals surface area contributed by atoms with Crippen molar-refractivity contribution >= 4 is 17.6 Å². The van der Waals surface area contributed by atoms with E-state index in [0.29, 0.717) is 5.56 Å². The summed E-state index contributed by atoms with van der Waals surface area (Å²) in [5.74, 6) is -0.244. The molecule has 0 unspecified atom stereocenters. The molecule has 0 radical (unpaired) electrons. The maximum Gasteiger partial charge on any atom is 0.338 e. The number of carbonyl (C=O) groups excluding carboxylic acids is 2. The minimum absolute atomic E-state index is 0.244. The average molecular weight is 367 g/mol. The molecule has 0 aliphatic heterocycles. The van der Waals surface area contributed by atoms with E-state index in [1.165, 1.54) is 5.01 Å². The summed E-state index contributed by atoms with van der Waals surface area (Å²) in [6.45, 7) is 13.4. The molecule has 0 spiro atoms. The predicted octanol–water partition coefficient (Wildman–Crippen LogP) is 4.90. The number of anilines is 1.